The summed E-state index contributed by atoms with van der Waals surface area (Å²) < 4.78 is 6.55. The predicted molar refractivity (Wildman–Crippen MR) is 67.2 cm³/mol. The van der Waals surface area contributed by atoms with Crippen LogP contribution in [-0.4, -0.2) is 26.3 Å². The van der Waals surface area contributed by atoms with Gasteiger partial charge in [0.1, 0.15) is 0 Å². The normalized spacial score (nSPS) is 12.7. The van der Waals surface area contributed by atoms with Crippen LogP contribution < -0.4 is 5.32 Å². The van der Waals surface area contributed by atoms with Gasteiger partial charge in [-0.05, 0) is 38.1 Å². The largest absolute Gasteiger partial charge is 0.380 e. The van der Waals surface area contributed by atoms with Crippen molar-refractivity contribution in [3.8, 4) is 0 Å². The summed E-state index contributed by atoms with van der Waals surface area (Å²) in [7, 11) is 1.97. The van der Waals surface area contributed by atoms with E-state index >= 15 is 0 Å². The monoisotopic (exact) mass is 271 g/mol. The van der Waals surface area contributed by atoms with E-state index in [-0.39, 0.29) is 0 Å². The Kier molecular flexibility index (Phi) is 5.91. The SMILES string of the molecule is CCOCC(Cc1cccc(Br)c1)NC. The van der Waals surface area contributed by atoms with Gasteiger partial charge in [-0.1, -0.05) is 28.1 Å². The van der Waals surface area contributed by atoms with E-state index in [0.29, 0.717) is 6.04 Å². The molecule has 2 nitrogen and oxygen atoms in total. The van der Waals surface area contributed by atoms with Gasteiger partial charge in [0.2, 0.25) is 0 Å². The second-order valence-electron chi connectivity index (χ2n) is 3.48. The first-order valence-electron chi connectivity index (χ1n) is 5.25. The standard InChI is InChI=1S/C12H18BrNO/c1-3-15-9-12(14-2)8-10-5-4-6-11(13)7-10/h4-7,12,14H,3,8-9H2,1-2H3. The van der Waals surface area contributed by atoms with Crippen LogP contribution in [0.5, 0.6) is 0 Å². The molecular formula is C12H18BrNO. The fourth-order valence-corrected chi connectivity index (χ4v) is 1.90. The lowest BCUT2D eigenvalue weighted by atomic mass is 10.1. The van der Waals surface area contributed by atoms with Crippen LogP contribution in [-0.2, 0) is 11.2 Å². The molecule has 0 spiro atoms. The van der Waals surface area contributed by atoms with Gasteiger partial charge in [-0.2, -0.15) is 0 Å². The van der Waals surface area contributed by atoms with Gasteiger partial charge in [-0.3, -0.25) is 0 Å². The van der Waals surface area contributed by atoms with Gasteiger partial charge < -0.3 is 10.1 Å². The molecule has 0 amide bonds. The zero-order valence-corrected chi connectivity index (χ0v) is 10.9. The Morgan fingerprint density at radius 1 is 1.47 bits per heavy atom. The summed E-state index contributed by atoms with van der Waals surface area (Å²) in [5, 5.41) is 3.26. The third-order valence-electron chi connectivity index (χ3n) is 2.30. The molecule has 0 aliphatic rings. The second kappa shape index (κ2) is 6.99. The molecule has 0 fully saturated rings. The molecule has 3 heteroatoms. The van der Waals surface area contributed by atoms with E-state index in [2.05, 4.69) is 39.4 Å². The number of likely N-dealkylation sites (N-methyl/N-ethyl adjacent to an activating group) is 1. The second-order valence-corrected chi connectivity index (χ2v) is 4.39. The summed E-state index contributed by atoms with van der Waals surface area (Å²) in [5.41, 5.74) is 1.32. The maximum absolute atomic E-state index is 5.41. The van der Waals surface area contributed by atoms with Crippen LogP contribution in [0.1, 0.15) is 12.5 Å². The minimum atomic E-state index is 0.388. The van der Waals surface area contributed by atoms with Crippen LogP contribution in [0.4, 0.5) is 0 Å². The molecule has 0 radical (unpaired) electrons. The highest BCUT2D eigenvalue weighted by Crippen LogP contribution is 2.13. The van der Waals surface area contributed by atoms with E-state index in [0.717, 1.165) is 24.1 Å². The molecule has 1 rings (SSSR count). The van der Waals surface area contributed by atoms with Crippen molar-refractivity contribution in [1.29, 1.82) is 0 Å². The molecule has 0 bridgehead atoms. The number of rotatable bonds is 6. The van der Waals surface area contributed by atoms with Gasteiger partial charge >= 0.3 is 0 Å². The van der Waals surface area contributed by atoms with Crippen molar-refractivity contribution < 1.29 is 4.74 Å². The van der Waals surface area contributed by atoms with Gasteiger partial charge in [0.15, 0.2) is 0 Å². The van der Waals surface area contributed by atoms with Gasteiger partial charge in [0.05, 0.1) is 6.61 Å². The minimum Gasteiger partial charge on any atom is -0.380 e. The van der Waals surface area contributed by atoms with Crippen molar-refractivity contribution >= 4 is 15.9 Å². The Labute approximate surface area is 100 Å². The molecular weight excluding hydrogens is 254 g/mol. The highest BCUT2D eigenvalue weighted by Gasteiger charge is 2.06. The first kappa shape index (κ1) is 12.7. The van der Waals surface area contributed by atoms with E-state index in [1.807, 2.05) is 20.0 Å². The van der Waals surface area contributed by atoms with Crippen molar-refractivity contribution in [1.82, 2.24) is 5.32 Å². The average molecular weight is 272 g/mol. The van der Waals surface area contributed by atoms with Crippen LogP contribution in [0.15, 0.2) is 28.7 Å². The Bertz CT molecular complexity index is 291. The van der Waals surface area contributed by atoms with Crippen molar-refractivity contribution in [3.05, 3.63) is 34.3 Å². The lowest BCUT2D eigenvalue weighted by molar-refractivity contribution is 0.125. The zero-order chi connectivity index (χ0) is 11.1. The summed E-state index contributed by atoms with van der Waals surface area (Å²) in [6, 6.07) is 8.78. The maximum Gasteiger partial charge on any atom is 0.0622 e. The van der Waals surface area contributed by atoms with Crippen molar-refractivity contribution in [2.45, 2.75) is 19.4 Å². The maximum atomic E-state index is 5.41. The quantitative estimate of drug-likeness (QED) is 0.859. The molecule has 0 heterocycles. The molecule has 0 aliphatic heterocycles. The van der Waals surface area contributed by atoms with Gasteiger partial charge in [-0.25, -0.2) is 0 Å². The number of hydrogen-bond acceptors (Lipinski definition) is 2. The fraction of sp³-hybridized carbons (Fsp3) is 0.500. The summed E-state index contributed by atoms with van der Waals surface area (Å²) >= 11 is 3.47. The molecule has 0 aliphatic carbocycles. The molecule has 15 heavy (non-hydrogen) atoms. The molecule has 1 aromatic rings. The van der Waals surface area contributed by atoms with Crippen LogP contribution >= 0.6 is 15.9 Å². The summed E-state index contributed by atoms with van der Waals surface area (Å²) in [5.74, 6) is 0. The first-order valence-corrected chi connectivity index (χ1v) is 6.05. The van der Waals surface area contributed by atoms with Gasteiger partial charge in [0, 0.05) is 17.1 Å². The third-order valence-corrected chi connectivity index (χ3v) is 2.80. The molecule has 1 unspecified atom stereocenters. The lowest BCUT2D eigenvalue weighted by Crippen LogP contribution is -2.32. The Balaban J connectivity index is 2.50. The predicted octanol–water partition coefficient (Wildman–Crippen LogP) is 2.62. The van der Waals surface area contributed by atoms with E-state index in [1.54, 1.807) is 0 Å². The third kappa shape index (κ3) is 4.78. The number of benzene rings is 1. The summed E-state index contributed by atoms with van der Waals surface area (Å²) in [6.45, 7) is 3.56. The summed E-state index contributed by atoms with van der Waals surface area (Å²) in [4.78, 5) is 0. The smallest absolute Gasteiger partial charge is 0.0622 e. The van der Waals surface area contributed by atoms with Crippen LogP contribution in [0, 0.1) is 0 Å². The van der Waals surface area contributed by atoms with E-state index in [9.17, 15) is 0 Å². The highest BCUT2D eigenvalue weighted by atomic mass is 79.9. The number of ether oxygens (including phenoxy) is 1. The minimum absolute atomic E-state index is 0.388. The Morgan fingerprint density at radius 3 is 2.87 bits per heavy atom. The molecule has 0 aromatic heterocycles. The van der Waals surface area contributed by atoms with E-state index in [4.69, 9.17) is 4.74 Å². The van der Waals surface area contributed by atoms with Crippen molar-refractivity contribution in [2.75, 3.05) is 20.3 Å². The van der Waals surface area contributed by atoms with Crippen molar-refractivity contribution in [2.24, 2.45) is 0 Å². The van der Waals surface area contributed by atoms with Crippen LogP contribution in [0.2, 0.25) is 0 Å². The van der Waals surface area contributed by atoms with E-state index < -0.39 is 0 Å². The van der Waals surface area contributed by atoms with Crippen LogP contribution in [0.3, 0.4) is 0 Å². The van der Waals surface area contributed by atoms with Gasteiger partial charge in [-0.15, -0.1) is 0 Å². The number of nitrogens with one attached hydrogen (secondary N) is 1. The van der Waals surface area contributed by atoms with Crippen LogP contribution in [0.25, 0.3) is 0 Å². The van der Waals surface area contributed by atoms with E-state index in [1.165, 1.54) is 5.56 Å². The number of halogens is 1. The topological polar surface area (TPSA) is 21.3 Å². The van der Waals surface area contributed by atoms with Gasteiger partial charge in [0.25, 0.3) is 0 Å². The zero-order valence-electron chi connectivity index (χ0n) is 9.29. The molecule has 1 atom stereocenters. The molecule has 1 aromatic carbocycles. The summed E-state index contributed by atoms with van der Waals surface area (Å²) in [6.07, 6.45) is 0.996. The highest BCUT2D eigenvalue weighted by molar-refractivity contribution is 9.10. The Hall–Kier alpha value is -0.380. The average Bonchev–Trinajstić information content (AvgIpc) is 2.24. The lowest BCUT2D eigenvalue weighted by Gasteiger charge is -2.15. The molecule has 0 saturated carbocycles. The Morgan fingerprint density at radius 2 is 2.27 bits per heavy atom. The van der Waals surface area contributed by atoms with Crippen molar-refractivity contribution in [3.63, 3.8) is 0 Å². The molecule has 1 N–H and O–H groups in total. The molecule has 84 valence electrons. The number of hydrogen-bond donors (Lipinski definition) is 1. The molecule has 0 saturated heterocycles. The first-order chi connectivity index (χ1) is 7.26. The fourth-order valence-electron chi connectivity index (χ4n) is 1.45.